The number of thiophene rings is 1. The predicted octanol–water partition coefficient (Wildman–Crippen LogP) is 1.31. The molecule has 0 saturated heterocycles. The quantitative estimate of drug-likeness (QED) is 0.560. The first-order valence-corrected chi connectivity index (χ1v) is 6.85. The zero-order chi connectivity index (χ0) is 14.1. The van der Waals surface area contributed by atoms with Crippen LogP contribution in [-0.2, 0) is 13.5 Å². The number of halogens is 1. The molecule has 6 nitrogen and oxygen atoms in total. The number of hydrogen-bond acceptors (Lipinski definition) is 6. The van der Waals surface area contributed by atoms with Gasteiger partial charge in [-0.15, -0.1) is 21.5 Å². The van der Waals surface area contributed by atoms with E-state index in [4.69, 9.17) is 5.84 Å². The highest BCUT2D eigenvalue weighted by Crippen LogP contribution is 2.31. The van der Waals surface area contributed by atoms with Gasteiger partial charge in [-0.25, -0.2) is 4.39 Å². The average molecular weight is 292 g/mol. The molecule has 0 aliphatic rings. The van der Waals surface area contributed by atoms with Gasteiger partial charge in [0.2, 0.25) is 0 Å². The number of rotatable bonds is 4. The van der Waals surface area contributed by atoms with Crippen LogP contribution in [0.15, 0.2) is 24.3 Å². The second-order valence-corrected chi connectivity index (χ2v) is 5.56. The first kappa shape index (κ1) is 13.1. The van der Waals surface area contributed by atoms with Crippen LogP contribution in [0.4, 0.5) is 4.39 Å². The monoisotopic (exact) mass is 292 g/mol. The summed E-state index contributed by atoms with van der Waals surface area (Å²) >= 11 is 1.50. The lowest BCUT2D eigenvalue weighted by atomic mass is 10.1. The largest absolute Gasteiger partial charge is 0.271 e. The fourth-order valence-electron chi connectivity index (χ4n) is 2.03. The van der Waals surface area contributed by atoms with E-state index in [2.05, 4.69) is 20.8 Å². The van der Waals surface area contributed by atoms with Gasteiger partial charge >= 0.3 is 0 Å². The molecular weight excluding hydrogens is 279 g/mol. The molecule has 0 saturated carbocycles. The van der Waals surface area contributed by atoms with Crippen molar-refractivity contribution in [3.63, 3.8) is 0 Å². The van der Waals surface area contributed by atoms with Crippen LogP contribution in [0.25, 0.3) is 10.1 Å². The van der Waals surface area contributed by atoms with Gasteiger partial charge < -0.3 is 0 Å². The molecule has 0 bridgehead atoms. The molecule has 1 atom stereocenters. The highest BCUT2D eigenvalue weighted by atomic mass is 32.1. The Morgan fingerprint density at radius 3 is 3.00 bits per heavy atom. The number of hydrogen-bond donors (Lipinski definition) is 2. The summed E-state index contributed by atoms with van der Waals surface area (Å²) in [6, 6.07) is 6.62. The maximum Gasteiger partial charge on any atom is 0.176 e. The Labute approximate surface area is 118 Å². The molecule has 3 aromatic rings. The fourth-order valence-corrected chi connectivity index (χ4v) is 3.18. The molecule has 0 fully saturated rings. The molecule has 0 spiro atoms. The summed E-state index contributed by atoms with van der Waals surface area (Å²) in [6.07, 6.45) is 0.527. The van der Waals surface area contributed by atoms with Gasteiger partial charge in [-0.2, -0.15) is 4.80 Å². The molecule has 2 heterocycles. The number of nitrogens with one attached hydrogen (secondary N) is 1. The van der Waals surface area contributed by atoms with Crippen LogP contribution in [0.1, 0.15) is 16.7 Å². The molecule has 2 aromatic heterocycles. The maximum atomic E-state index is 13.2. The minimum absolute atomic E-state index is 0.125. The Hall–Kier alpha value is -1.90. The Balaban J connectivity index is 1.90. The summed E-state index contributed by atoms with van der Waals surface area (Å²) in [5.74, 6) is 5.98. The molecule has 104 valence electrons. The van der Waals surface area contributed by atoms with Crippen LogP contribution in [0.5, 0.6) is 0 Å². The minimum Gasteiger partial charge on any atom is -0.271 e. The molecule has 3 N–H and O–H groups in total. The van der Waals surface area contributed by atoms with E-state index < -0.39 is 0 Å². The molecule has 1 unspecified atom stereocenters. The summed E-state index contributed by atoms with van der Waals surface area (Å²) in [5.41, 5.74) is 2.75. The van der Waals surface area contributed by atoms with Crippen molar-refractivity contribution < 1.29 is 4.39 Å². The third-order valence-corrected chi connectivity index (χ3v) is 4.19. The minimum atomic E-state index is -0.237. The molecular formula is C12H13FN6S. The second kappa shape index (κ2) is 5.23. The molecule has 0 aliphatic carbocycles. The third-order valence-electron chi connectivity index (χ3n) is 2.98. The van der Waals surface area contributed by atoms with Gasteiger partial charge in [0.15, 0.2) is 5.82 Å². The van der Waals surface area contributed by atoms with E-state index in [0.29, 0.717) is 12.2 Å². The van der Waals surface area contributed by atoms with Crippen molar-refractivity contribution in [3.8, 4) is 0 Å². The molecule has 0 amide bonds. The van der Waals surface area contributed by atoms with E-state index in [-0.39, 0.29) is 11.9 Å². The summed E-state index contributed by atoms with van der Waals surface area (Å²) in [4.78, 5) is 2.42. The van der Waals surface area contributed by atoms with Crippen LogP contribution < -0.4 is 11.3 Å². The van der Waals surface area contributed by atoms with Crippen LogP contribution in [-0.4, -0.2) is 20.2 Å². The summed E-state index contributed by atoms with van der Waals surface area (Å²) < 4.78 is 14.1. The topological polar surface area (TPSA) is 81.7 Å². The van der Waals surface area contributed by atoms with E-state index in [9.17, 15) is 4.39 Å². The van der Waals surface area contributed by atoms with Crippen molar-refractivity contribution in [1.29, 1.82) is 0 Å². The van der Waals surface area contributed by atoms with Gasteiger partial charge in [0.25, 0.3) is 0 Å². The average Bonchev–Trinajstić information content (AvgIpc) is 3.01. The van der Waals surface area contributed by atoms with Gasteiger partial charge in [0.05, 0.1) is 13.1 Å². The molecule has 20 heavy (non-hydrogen) atoms. The number of tetrazole rings is 1. The Morgan fingerprint density at radius 1 is 1.45 bits per heavy atom. The van der Waals surface area contributed by atoms with Gasteiger partial charge in [-0.1, -0.05) is 6.07 Å². The number of hydrazine groups is 1. The molecule has 0 aliphatic heterocycles. The molecule has 0 radical (unpaired) electrons. The van der Waals surface area contributed by atoms with Crippen molar-refractivity contribution in [1.82, 2.24) is 25.6 Å². The SMILES string of the molecule is Cn1nnc(CC(NN)c2cc3ccc(F)cc3s2)n1. The van der Waals surface area contributed by atoms with E-state index in [1.54, 1.807) is 13.1 Å². The number of nitrogens with two attached hydrogens (primary N) is 1. The first-order valence-electron chi connectivity index (χ1n) is 6.03. The van der Waals surface area contributed by atoms with Gasteiger partial charge in [0.1, 0.15) is 5.82 Å². The number of benzene rings is 1. The fraction of sp³-hybridized carbons (Fsp3) is 0.250. The van der Waals surface area contributed by atoms with Crippen molar-refractivity contribution in [2.24, 2.45) is 12.9 Å². The van der Waals surface area contributed by atoms with E-state index in [0.717, 1.165) is 15.0 Å². The van der Waals surface area contributed by atoms with E-state index in [1.807, 2.05) is 6.07 Å². The van der Waals surface area contributed by atoms with Crippen LogP contribution in [0, 0.1) is 5.82 Å². The summed E-state index contributed by atoms with van der Waals surface area (Å²) in [6.45, 7) is 0. The number of nitrogens with zero attached hydrogens (tertiary/aromatic N) is 4. The number of aryl methyl sites for hydroxylation is 1. The maximum absolute atomic E-state index is 13.2. The van der Waals surface area contributed by atoms with E-state index in [1.165, 1.54) is 28.3 Å². The first-order chi connectivity index (χ1) is 9.65. The van der Waals surface area contributed by atoms with Gasteiger partial charge in [0, 0.05) is 16.0 Å². The standard InChI is InChI=1S/C12H13FN6S/c1-19-17-12(16-18-19)6-9(15-14)11-4-7-2-3-8(13)5-10(7)20-11/h2-5,9,15H,6,14H2,1H3. The lowest BCUT2D eigenvalue weighted by Gasteiger charge is -2.11. The van der Waals surface area contributed by atoms with Crippen molar-refractivity contribution in [2.45, 2.75) is 12.5 Å². The zero-order valence-electron chi connectivity index (χ0n) is 10.7. The zero-order valence-corrected chi connectivity index (χ0v) is 11.6. The van der Waals surface area contributed by atoms with E-state index >= 15 is 0 Å². The van der Waals surface area contributed by atoms with Crippen molar-refractivity contribution in [2.75, 3.05) is 0 Å². The predicted molar refractivity (Wildman–Crippen MR) is 74.3 cm³/mol. The molecule has 1 aromatic carbocycles. The van der Waals surface area contributed by atoms with Crippen molar-refractivity contribution in [3.05, 3.63) is 40.8 Å². The smallest absolute Gasteiger partial charge is 0.176 e. The molecule has 8 heteroatoms. The lowest BCUT2D eigenvalue weighted by Crippen LogP contribution is -2.29. The Morgan fingerprint density at radius 2 is 2.30 bits per heavy atom. The number of fused-ring (bicyclic) bond motifs is 1. The van der Waals surface area contributed by atoms with Crippen LogP contribution in [0.3, 0.4) is 0 Å². The van der Waals surface area contributed by atoms with Gasteiger partial charge in [-0.05, 0) is 28.8 Å². The number of aromatic nitrogens is 4. The van der Waals surface area contributed by atoms with Crippen molar-refractivity contribution >= 4 is 21.4 Å². The highest BCUT2D eigenvalue weighted by molar-refractivity contribution is 7.19. The Bertz CT molecular complexity index is 736. The highest BCUT2D eigenvalue weighted by Gasteiger charge is 2.16. The summed E-state index contributed by atoms with van der Waals surface area (Å²) in [7, 11) is 1.71. The summed E-state index contributed by atoms with van der Waals surface area (Å²) in [5, 5.41) is 12.9. The molecule has 3 rings (SSSR count). The van der Waals surface area contributed by atoms with Crippen LogP contribution in [0.2, 0.25) is 0 Å². The van der Waals surface area contributed by atoms with Gasteiger partial charge in [-0.3, -0.25) is 11.3 Å². The Kier molecular flexibility index (Phi) is 3.43. The second-order valence-electron chi connectivity index (χ2n) is 4.45. The third kappa shape index (κ3) is 2.53. The van der Waals surface area contributed by atoms with Crippen LogP contribution >= 0.6 is 11.3 Å². The normalized spacial score (nSPS) is 12.9. The lowest BCUT2D eigenvalue weighted by molar-refractivity contribution is 0.544.